The summed E-state index contributed by atoms with van der Waals surface area (Å²) < 4.78 is 0. The number of nitrogens with one attached hydrogen (secondary N) is 1. The summed E-state index contributed by atoms with van der Waals surface area (Å²) in [5.41, 5.74) is 0. The van der Waals surface area contributed by atoms with Gasteiger partial charge in [0.1, 0.15) is 10.8 Å². The van der Waals surface area contributed by atoms with Crippen molar-refractivity contribution in [1.82, 2.24) is 10.3 Å². The van der Waals surface area contributed by atoms with Gasteiger partial charge in [0.25, 0.3) is 0 Å². The van der Waals surface area contributed by atoms with Crippen LogP contribution in [0.25, 0.3) is 0 Å². The Bertz CT molecular complexity index is 360. The smallest absolute Gasteiger partial charge is 0.227 e. The zero-order valence-corrected chi connectivity index (χ0v) is 9.69. The zero-order valence-electron chi connectivity index (χ0n) is 8.87. The molecule has 0 aromatic carbocycles. The molecule has 0 radical (unpaired) electrons. The van der Waals surface area contributed by atoms with E-state index in [0.717, 1.165) is 11.4 Å². The van der Waals surface area contributed by atoms with E-state index in [9.17, 15) is 9.59 Å². The van der Waals surface area contributed by atoms with Crippen molar-refractivity contribution in [3.05, 3.63) is 16.1 Å². The van der Waals surface area contributed by atoms with Crippen LogP contribution in [0.1, 0.15) is 30.2 Å². The third-order valence-corrected chi connectivity index (χ3v) is 2.94. The number of carbonyl (C=O) groups is 2. The molecule has 1 N–H and O–H groups in total. The van der Waals surface area contributed by atoms with Gasteiger partial charge >= 0.3 is 0 Å². The Morgan fingerprint density at radius 2 is 2.27 bits per heavy atom. The predicted molar refractivity (Wildman–Crippen MR) is 58.6 cm³/mol. The summed E-state index contributed by atoms with van der Waals surface area (Å²) in [7, 11) is 0. The van der Waals surface area contributed by atoms with Crippen LogP contribution in [0.3, 0.4) is 0 Å². The standard InChI is InChI=1S/C10H14N2O2S/c1-3-8-5-12-10(15-8)6-11-9(14)4-7(2)13/h5H,3-4,6H2,1-2H3,(H,11,14). The number of aromatic nitrogens is 1. The number of nitrogens with zero attached hydrogens (tertiary/aromatic N) is 1. The first-order valence-corrected chi connectivity index (χ1v) is 5.63. The molecule has 0 aliphatic rings. The highest BCUT2D eigenvalue weighted by molar-refractivity contribution is 7.11. The summed E-state index contributed by atoms with van der Waals surface area (Å²) in [4.78, 5) is 27.1. The number of aryl methyl sites for hydroxylation is 1. The number of Topliss-reactive ketones (excluding diaryl/α,β-unsaturated/α-hetero) is 1. The summed E-state index contributed by atoms with van der Waals surface area (Å²) in [6.07, 6.45) is 2.72. The van der Waals surface area contributed by atoms with Crippen molar-refractivity contribution >= 4 is 23.0 Å². The maximum Gasteiger partial charge on any atom is 0.227 e. The Balaban J connectivity index is 2.36. The molecule has 0 aliphatic carbocycles. The Kier molecular flexibility index (Phi) is 4.42. The summed E-state index contributed by atoms with van der Waals surface area (Å²) in [6.45, 7) is 3.88. The molecule has 1 rings (SSSR count). The molecule has 0 saturated heterocycles. The van der Waals surface area contributed by atoms with Crippen LogP contribution in [0.4, 0.5) is 0 Å². The minimum atomic E-state index is -0.240. The van der Waals surface area contributed by atoms with Crippen LogP contribution in [0.5, 0.6) is 0 Å². The molecule has 82 valence electrons. The fraction of sp³-hybridized carbons (Fsp3) is 0.500. The second kappa shape index (κ2) is 5.60. The van der Waals surface area contributed by atoms with Crippen LogP contribution in [0.2, 0.25) is 0 Å². The van der Waals surface area contributed by atoms with Crippen LogP contribution < -0.4 is 5.32 Å². The molecule has 0 unspecified atom stereocenters. The largest absolute Gasteiger partial charge is 0.349 e. The lowest BCUT2D eigenvalue weighted by Gasteiger charge is -1.99. The maximum atomic E-state index is 11.1. The maximum absolute atomic E-state index is 11.1. The topological polar surface area (TPSA) is 59.1 Å². The first kappa shape index (κ1) is 11.8. The molecule has 1 heterocycles. The summed E-state index contributed by atoms with van der Waals surface area (Å²) >= 11 is 1.58. The number of carbonyl (C=O) groups excluding carboxylic acids is 2. The van der Waals surface area contributed by atoms with Crippen molar-refractivity contribution < 1.29 is 9.59 Å². The minimum absolute atomic E-state index is 0.0496. The average molecular weight is 226 g/mol. The van der Waals surface area contributed by atoms with Gasteiger partial charge in [-0.15, -0.1) is 11.3 Å². The van der Waals surface area contributed by atoms with Gasteiger partial charge in [-0.3, -0.25) is 9.59 Å². The van der Waals surface area contributed by atoms with E-state index in [-0.39, 0.29) is 18.1 Å². The van der Waals surface area contributed by atoms with Gasteiger partial charge < -0.3 is 5.32 Å². The number of rotatable bonds is 5. The Morgan fingerprint density at radius 1 is 1.53 bits per heavy atom. The van der Waals surface area contributed by atoms with Gasteiger partial charge in [-0.05, 0) is 13.3 Å². The molecule has 1 aromatic heterocycles. The van der Waals surface area contributed by atoms with Gasteiger partial charge in [-0.25, -0.2) is 4.98 Å². The SMILES string of the molecule is CCc1cnc(CNC(=O)CC(C)=O)s1. The van der Waals surface area contributed by atoms with Gasteiger partial charge in [0.05, 0.1) is 13.0 Å². The van der Waals surface area contributed by atoms with Gasteiger partial charge in [-0.2, -0.15) is 0 Å². The van der Waals surface area contributed by atoms with E-state index in [0.29, 0.717) is 6.54 Å². The van der Waals surface area contributed by atoms with E-state index in [4.69, 9.17) is 0 Å². The third kappa shape index (κ3) is 4.20. The fourth-order valence-corrected chi connectivity index (χ4v) is 1.86. The molecule has 0 aliphatic heterocycles. The first-order chi connectivity index (χ1) is 7.11. The van der Waals surface area contributed by atoms with Crippen molar-refractivity contribution in [3.63, 3.8) is 0 Å². The lowest BCUT2D eigenvalue weighted by Crippen LogP contribution is -2.24. The molecule has 4 nitrogen and oxygen atoms in total. The van der Waals surface area contributed by atoms with Crippen molar-refractivity contribution in [2.45, 2.75) is 33.2 Å². The van der Waals surface area contributed by atoms with Crippen LogP contribution in [-0.4, -0.2) is 16.7 Å². The lowest BCUT2D eigenvalue weighted by atomic mass is 10.3. The summed E-state index contributed by atoms with van der Waals surface area (Å²) in [5, 5.41) is 3.53. The van der Waals surface area contributed by atoms with E-state index in [1.807, 2.05) is 6.20 Å². The van der Waals surface area contributed by atoms with Crippen LogP contribution in [0, 0.1) is 0 Å². The Morgan fingerprint density at radius 3 is 2.80 bits per heavy atom. The quantitative estimate of drug-likeness (QED) is 0.770. The van der Waals surface area contributed by atoms with Crippen molar-refractivity contribution in [1.29, 1.82) is 0 Å². The van der Waals surface area contributed by atoms with Gasteiger partial charge in [0.15, 0.2) is 0 Å². The van der Waals surface area contributed by atoms with Crippen molar-refractivity contribution in [2.24, 2.45) is 0 Å². The number of hydrogen-bond acceptors (Lipinski definition) is 4. The van der Waals surface area contributed by atoms with Crippen molar-refractivity contribution in [2.75, 3.05) is 0 Å². The monoisotopic (exact) mass is 226 g/mol. The lowest BCUT2D eigenvalue weighted by molar-refractivity contribution is -0.127. The molecule has 0 bridgehead atoms. The molecule has 1 amide bonds. The molecule has 1 aromatic rings. The van der Waals surface area contributed by atoms with Crippen molar-refractivity contribution in [3.8, 4) is 0 Å². The van der Waals surface area contributed by atoms with Crippen LogP contribution in [-0.2, 0) is 22.6 Å². The van der Waals surface area contributed by atoms with E-state index in [1.165, 1.54) is 11.8 Å². The van der Waals surface area contributed by atoms with E-state index in [2.05, 4.69) is 17.2 Å². The Labute approximate surface area is 92.7 Å². The van der Waals surface area contributed by atoms with Gasteiger partial charge in [0, 0.05) is 11.1 Å². The highest BCUT2D eigenvalue weighted by Gasteiger charge is 2.06. The number of thiazole rings is 1. The average Bonchev–Trinajstić information content (AvgIpc) is 2.61. The summed E-state index contributed by atoms with van der Waals surface area (Å²) in [6, 6.07) is 0. The normalized spacial score (nSPS) is 10.0. The molecule has 0 saturated carbocycles. The summed E-state index contributed by atoms with van der Waals surface area (Å²) in [5.74, 6) is -0.364. The molecule has 5 heteroatoms. The van der Waals surface area contributed by atoms with E-state index < -0.39 is 0 Å². The third-order valence-electron chi connectivity index (χ3n) is 1.80. The number of ketones is 1. The highest BCUT2D eigenvalue weighted by atomic mass is 32.1. The molecular weight excluding hydrogens is 212 g/mol. The molecule has 15 heavy (non-hydrogen) atoms. The molecule has 0 spiro atoms. The van der Waals surface area contributed by atoms with Crippen LogP contribution >= 0.6 is 11.3 Å². The number of hydrogen-bond donors (Lipinski definition) is 1. The number of amides is 1. The predicted octanol–water partition coefficient (Wildman–Crippen LogP) is 1.30. The van der Waals surface area contributed by atoms with E-state index in [1.54, 1.807) is 11.3 Å². The highest BCUT2D eigenvalue weighted by Crippen LogP contribution is 2.12. The van der Waals surface area contributed by atoms with Gasteiger partial charge in [-0.1, -0.05) is 6.92 Å². The van der Waals surface area contributed by atoms with Gasteiger partial charge in [0.2, 0.25) is 5.91 Å². The second-order valence-electron chi connectivity index (χ2n) is 3.23. The first-order valence-electron chi connectivity index (χ1n) is 4.81. The zero-order chi connectivity index (χ0) is 11.3. The Hall–Kier alpha value is -1.23. The molecular formula is C10H14N2O2S. The molecule has 0 fully saturated rings. The molecule has 0 atom stereocenters. The minimum Gasteiger partial charge on any atom is -0.349 e. The van der Waals surface area contributed by atoms with Crippen LogP contribution in [0.15, 0.2) is 6.20 Å². The second-order valence-corrected chi connectivity index (χ2v) is 4.43. The fourth-order valence-electron chi connectivity index (χ4n) is 1.06. The van der Waals surface area contributed by atoms with E-state index >= 15 is 0 Å².